The van der Waals surface area contributed by atoms with Gasteiger partial charge in [0, 0.05) is 17.5 Å². The number of aromatic nitrogens is 1. The molecule has 1 aromatic carbocycles. The molecule has 0 saturated heterocycles. The molecular formula is C19H17ClFNO2. The van der Waals surface area contributed by atoms with Crippen molar-refractivity contribution < 1.29 is 14.3 Å². The van der Waals surface area contributed by atoms with E-state index >= 15 is 0 Å². The molecule has 3 nitrogen and oxygen atoms in total. The summed E-state index contributed by atoms with van der Waals surface area (Å²) in [6.45, 7) is 3.43. The van der Waals surface area contributed by atoms with Gasteiger partial charge in [0.05, 0.1) is 5.02 Å². The minimum Gasteiger partial charge on any atom is -0.480 e. The second-order valence-electron chi connectivity index (χ2n) is 6.13. The summed E-state index contributed by atoms with van der Waals surface area (Å²) in [5.41, 5.74) is 1.66. The second-order valence-corrected chi connectivity index (χ2v) is 6.57. The smallest absolute Gasteiger partial charge is 0.318 e. The Labute approximate surface area is 144 Å². The van der Waals surface area contributed by atoms with E-state index in [1.165, 1.54) is 12.3 Å². The van der Waals surface area contributed by atoms with Crippen LogP contribution in [0.2, 0.25) is 5.02 Å². The number of pyridine rings is 1. The van der Waals surface area contributed by atoms with Crippen LogP contribution in [0.3, 0.4) is 0 Å². The van der Waals surface area contributed by atoms with Gasteiger partial charge < -0.3 is 5.11 Å². The maximum absolute atomic E-state index is 14.6. The molecule has 24 heavy (non-hydrogen) atoms. The molecule has 3 rings (SSSR count). The minimum atomic E-state index is -1.18. The molecule has 0 aliphatic heterocycles. The zero-order valence-corrected chi connectivity index (χ0v) is 14.2. The maximum atomic E-state index is 14.6. The second kappa shape index (κ2) is 6.02. The Balaban J connectivity index is 2.26. The SMILES string of the molecule is Cc1ncc(Cl)cc1-c1cc(F)c(C)c(C2(C(=O)O)C=CCC2)c1. The number of carbonyl (C=O) groups is 1. The molecule has 0 spiro atoms. The number of carboxylic acids is 1. The summed E-state index contributed by atoms with van der Waals surface area (Å²) in [5.74, 6) is -1.39. The van der Waals surface area contributed by atoms with Crippen LogP contribution in [0, 0.1) is 19.7 Å². The summed E-state index contributed by atoms with van der Waals surface area (Å²) in [5, 5.41) is 10.2. The van der Waals surface area contributed by atoms with Crippen LogP contribution >= 0.6 is 11.6 Å². The predicted molar refractivity (Wildman–Crippen MR) is 91.8 cm³/mol. The number of nitrogens with zero attached hydrogens (tertiary/aromatic N) is 1. The molecule has 1 aliphatic carbocycles. The molecule has 124 valence electrons. The Hall–Kier alpha value is -2.20. The summed E-state index contributed by atoms with van der Waals surface area (Å²) in [7, 11) is 0. The van der Waals surface area contributed by atoms with E-state index in [0.29, 0.717) is 45.8 Å². The van der Waals surface area contributed by atoms with Crippen LogP contribution in [-0.2, 0) is 10.2 Å². The van der Waals surface area contributed by atoms with Crippen molar-refractivity contribution in [2.24, 2.45) is 0 Å². The van der Waals surface area contributed by atoms with Crippen molar-refractivity contribution in [3.8, 4) is 11.1 Å². The van der Waals surface area contributed by atoms with Crippen molar-refractivity contribution in [2.45, 2.75) is 32.1 Å². The van der Waals surface area contributed by atoms with Crippen molar-refractivity contribution in [2.75, 3.05) is 0 Å². The molecule has 1 N–H and O–H groups in total. The monoisotopic (exact) mass is 345 g/mol. The molecule has 0 fully saturated rings. The lowest BCUT2D eigenvalue weighted by molar-refractivity contribution is -0.141. The molecule has 1 unspecified atom stereocenters. The lowest BCUT2D eigenvalue weighted by atomic mass is 9.76. The highest BCUT2D eigenvalue weighted by Gasteiger charge is 2.41. The molecular weight excluding hydrogens is 329 g/mol. The normalized spacial score (nSPS) is 19.7. The summed E-state index contributed by atoms with van der Waals surface area (Å²) < 4.78 is 14.6. The van der Waals surface area contributed by atoms with Crippen LogP contribution in [-0.4, -0.2) is 16.1 Å². The average Bonchev–Trinajstić information content (AvgIpc) is 3.03. The number of aryl methyl sites for hydroxylation is 1. The lowest BCUT2D eigenvalue weighted by Crippen LogP contribution is -2.32. The van der Waals surface area contributed by atoms with Crippen molar-refractivity contribution >= 4 is 17.6 Å². The van der Waals surface area contributed by atoms with Gasteiger partial charge in [0.25, 0.3) is 0 Å². The van der Waals surface area contributed by atoms with Gasteiger partial charge in [-0.25, -0.2) is 4.39 Å². The van der Waals surface area contributed by atoms with E-state index in [1.807, 2.05) is 13.0 Å². The van der Waals surface area contributed by atoms with Gasteiger partial charge in [-0.2, -0.15) is 0 Å². The topological polar surface area (TPSA) is 50.2 Å². The van der Waals surface area contributed by atoms with Crippen LogP contribution in [0.1, 0.15) is 29.7 Å². The van der Waals surface area contributed by atoms with Gasteiger partial charge >= 0.3 is 5.97 Å². The number of carboxylic acid groups (broad SMARTS) is 1. The molecule has 2 aromatic rings. The summed E-state index contributed by atoms with van der Waals surface area (Å²) >= 11 is 6.02. The Morgan fingerprint density at radius 3 is 2.71 bits per heavy atom. The first kappa shape index (κ1) is 16.7. The first-order valence-electron chi connectivity index (χ1n) is 7.69. The highest BCUT2D eigenvalue weighted by Crippen LogP contribution is 2.41. The van der Waals surface area contributed by atoms with Gasteiger partial charge in [-0.15, -0.1) is 0 Å². The number of allylic oxidation sites excluding steroid dienone is 1. The molecule has 1 heterocycles. The zero-order chi connectivity index (χ0) is 17.5. The van der Waals surface area contributed by atoms with E-state index in [-0.39, 0.29) is 0 Å². The first-order chi connectivity index (χ1) is 11.3. The van der Waals surface area contributed by atoms with Crippen molar-refractivity contribution in [3.63, 3.8) is 0 Å². The van der Waals surface area contributed by atoms with Gasteiger partial charge in [0.1, 0.15) is 11.2 Å². The Morgan fingerprint density at radius 2 is 2.08 bits per heavy atom. The summed E-state index contributed by atoms with van der Waals surface area (Å²) in [6.07, 6.45) is 6.13. The van der Waals surface area contributed by atoms with E-state index in [9.17, 15) is 14.3 Å². The third kappa shape index (κ3) is 2.61. The number of hydrogen-bond donors (Lipinski definition) is 1. The number of benzene rings is 1. The van der Waals surface area contributed by atoms with Crippen molar-refractivity contribution in [3.05, 3.63) is 64.2 Å². The molecule has 0 bridgehead atoms. The fraction of sp³-hybridized carbons (Fsp3) is 0.263. The molecule has 5 heteroatoms. The molecule has 1 aliphatic rings. The minimum absolute atomic E-state index is 0.361. The Morgan fingerprint density at radius 1 is 1.33 bits per heavy atom. The van der Waals surface area contributed by atoms with E-state index in [2.05, 4.69) is 4.98 Å². The van der Waals surface area contributed by atoms with Crippen molar-refractivity contribution in [1.82, 2.24) is 4.98 Å². The third-order valence-electron chi connectivity index (χ3n) is 4.68. The van der Waals surface area contributed by atoms with Gasteiger partial charge in [0.2, 0.25) is 0 Å². The van der Waals surface area contributed by atoms with Crippen LogP contribution < -0.4 is 0 Å². The van der Waals surface area contributed by atoms with E-state index in [1.54, 1.807) is 25.1 Å². The lowest BCUT2D eigenvalue weighted by Gasteiger charge is -2.26. The van der Waals surface area contributed by atoms with Crippen LogP contribution in [0.25, 0.3) is 11.1 Å². The van der Waals surface area contributed by atoms with E-state index in [4.69, 9.17) is 11.6 Å². The van der Waals surface area contributed by atoms with Gasteiger partial charge in [-0.1, -0.05) is 23.8 Å². The standard InChI is InChI=1S/C19H17ClFNO2/c1-11-16(19(18(23)24)5-3-4-6-19)7-13(8-17(11)21)15-9-14(20)10-22-12(15)2/h3,5,7-10H,4,6H2,1-2H3,(H,23,24). The fourth-order valence-electron chi connectivity index (χ4n) is 3.29. The largest absolute Gasteiger partial charge is 0.480 e. The first-order valence-corrected chi connectivity index (χ1v) is 8.07. The number of aliphatic carboxylic acids is 1. The third-order valence-corrected chi connectivity index (χ3v) is 4.89. The molecule has 1 atom stereocenters. The Bertz CT molecular complexity index is 863. The van der Waals surface area contributed by atoms with Gasteiger partial charge in [0.15, 0.2) is 0 Å². The molecule has 0 radical (unpaired) electrons. The predicted octanol–water partition coefficient (Wildman–Crippen LogP) is 4.83. The molecule has 0 amide bonds. The average molecular weight is 346 g/mol. The summed E-state index contributed by atoms with van der Waals surface area (Å²) in [6, 6.07) is 4.88. The van der Waals surface area contributed by atoms with Crippen LogP contribution in [0.4, 0.5) is 4.39 Å². The van der Waals surface area contributed by atoms with Crippen LogP contribution in [0.5, 0.6) is 0 Å². The van der Waals surface area contributed by atoms with Crippen molar-refractivity contribution in [1.29, 1.82) is 0 Å². The maximum Gasteiger partial charge on any atom is 0.318 e. The number of rotatable bonds is 3. The molecule has 1 aromatic heterocycles. The van der Waals surface area contributed by atoms with Crippen LogP contribution in [0.15, 0.2) is 36.5 Å². The number of hydrogen-bond acceptors (Lipinski definition) is 2. The molecule has 0 saturated carbocycles. The summed E-state index contributed by atoms with van der Waals surface area (Å²) in [4.78, 5) is 16.2. The number of halogens is 2. The fourth-order valence-corrected chi connectivity index (χ4v) is 3.45. The van der Waals surface area contributed by atoms with Gasteiger partial charge in [-0.05, 0) is 61.6 Å². The zero-order valence-electron chi connectivity index (χ0n) is 13.4. The quantitative estimate of drug-likeness (QED) is 0.810. The van der Waals surface area contributed by atoms with E-state index in [0.717, 1.165) is 0 Å². The highest BCUT2D eigenvalue weighted by atomic mass is 35.5. The Kier molecular flexibility index (Phi) is 4.18. The highest BCUT2D eigenvalue weighted by molar-refractivity contribution is 6.30. The van der Waals surface area contributed by atoms with E-state index < -0.39 is 17.2 Å². The van der Waals surface area contributed by atoms with Gasteiger partial charge in [-0.3, -0.25) is 9.78 Å².